The van der Waals surface area contributed by atoms with Crippen LogP contribution in [0.2, 0.25) is 0 Å². The van der Waals surface area contributed by atoms with Crippen molar-refractivity contribution in [3.8, 4) is 0 Å². The van der Waals surface area contributed by atoms with Crippen molar-refractivity contribution in [3.63, 3.8) is 0 Å². The second kappa shape index (κ2) is 4.45. The molecule has 4 nitrogen and oxygen atoms in total. The molecule has 0 radical (unpaired) electrons. The second-order valence-electron chi connectivity index (χ2n) is 4.47. The Morgan fingerprint density at radius 2 is 2.56 bits per heavy atom. The normalized spacial score (nSPS) is 34.7. The van der Waals surface area contributed by atoms with Gasteiger partial charge in [-0.15, -0.1) is 5.10 Å². The van der Waals surface area contributed by atoms with Crippen LogP contribution in [0.5, 0.6) is 0 Å². The molecule has 0 aliphatic carbocycles. The lowest BCUT2D eigenvalue weighted by molar-refractivity contribution is -0.0779. The van der Waals surface area contributed by atoms with E-state index in [2.05, 4.69) is 32.7 Å². The SMILES string of the molecule is Ic1ncn(C2CCOC3(CCSC3)C2)n1. The van der Waals surface area contributed by atoms with Crippen molar-refractivity contribution in [1.29, 1.82) is 0 Å². The van der Waals surface area contributed by atoms with E-state index in [0.717, 1.165) is 29.0 Å². The Hall–Kier alpha value is 0.180. The van der Waals surface area contributed by atoms with Gasteiger partial charge in [0.05, 0.1) is 11.6 Å². The minimum Gasteiger partial charge on any atom is -0.374 e. The second-order valence-corrected chi connectivity index (χ2v) is 6.54. The van der Waals surface area contributed by atoms with Gasteiger partial charge >= 0.3 is 0 Å². The predicted octanol–water partition coefficient (Wildman–Crippen LogP) is 2.11. The topological polar surface area (TPSA) is 39.9 Å². The minimum absolute atomic E-state index is 0.130. The van der Waals surface area contributed by atoms with Crippen LogP contribution in [-0.2, 0) is 4.74 Å². The predicted molar refractivity (Wildman–Crippen MR) is 71.6 cm³/mol. The molecule has 0 saturated carbocycles. The molecule has 2 aliphatic heterocycles. The van der Waals surface area contributed by atoms with E-state index in [4.69, 9.17) is 4.74 Å². The maximum atomic E-state index is 6.00. The van der Waals surface area contributed by atoms with Gasteiger partial charge in [-0.2, -0.15) is 11.8 Å². The third-order valence-electron chi connectivity index (χ3n) is 3.39. The van der Waals surface area contributed by atoms with Gasteiger partial charge in [0.15, 0.2) is 0 Å². The van der Waals surface area contributed by atoms with E-state index in [0.29, 0.717) is 6.04 Å². The van der Waals surface area contributed by atoms with Crippen LogP contribution >= 0.6 is 34.4 Å². The molecule has 1 spiro atoms. The van der Waals surface area contributed by atoms with Crippen molar-refractivity contribution in [2.45, 2.75) is 30.9 Å². The summed E-state index contributed by atoms with van der Waals surface area (Å²) in [5, 5.41) is 4.42. The molecule has 0 aromatic carbocycles. The van der Waals surface area contributed by atoms with Crippen LogP contribution in [0.1, 0.15) is 25.3 Å². The van der Waals surface area contributed by atoms with Crippen LogP contribution in [0, 0.1) is 3.83 Å². The van der Waals surface area contributed by atoms with Gasteiger partial charge in [-0.3, -0.25) is 0 Å². The Labute approximate surface area is 113 Å². The molecule has 0 N–H and O–H groups in total. The third kappa shape index (κ3) is 2.11. The van der Waals surface area contributed by atoms with Crippen LogP contribution in [0.3, 0.4) is 0 Å². The van der Waals surface area contributed by atoms with Crippen LogP contribution in [0.25, 0.3) is 0 Å². The van der Waals surface area contributed by atoms with Crippen molar-refractivity contribution >= 4 is 34.4 Å². The summed E-state index contributed by atoms with van der Waals surface area (Å²) in [6.45, 7) is 0.863. The van der Waals surface area contributed by atoms with Gasteiger partial charge in [0, 0.05) is 35.0 Å². The van der Waals surface area contributed by atoms with Crippen LogP contribution in [-0.4, -0.2) is 38.5 Å². The maximum absolute atomic E-state index is 6.00. The van der Waals surface area contributed by atoms with Gasteiger partial charge in [-0.1, -0.05) is 0 Å². The monoisotopic (exact) mass is 351 g/mol. The zero-order chi connectivity index (χ0) is 11.0. The Bertz CT molecular complexity index is 378. The van der Waals surface area contributed by atoms with Crippen LogP contribution in [0.15, 0.2) is 6.33 Å². The van der Waals surface area contributed by atoms with Crippen molar-refractivity contribution in [2.24, 2.45) is 0 Å². The minimum atomic E-state index is 0.130. The number of nitrogens with zero attached hydrogens (tertiary/aromatic N) is 3. The Balaban J connectivity index is 1.77. The summed E-state index contributed by atoms with van der Waals surface area (Å²) in [6, 6.07) is 0.475. The van der Waals surface area contributed by atoms with Crippen molar-refractivity contribution in [1.82, 2.24) is 14.8 Å². The lowest BCUT2D eigenvalue weighted by Gasteiger charge is -2.37. The molecular weight excluding hydrogens is 337 g/mol. The summed E-state index contributed by atoms with van der Waals surface area (Å²) in [7, 11) is 0. The number of rotatable bonds is 1. The average molecular weight is 351 g/mol. The number of hydrogen-bond donors (Lipinski definition) is 0. The van der Waals surface area contributed by atoms with Crippen molar-refractivity contribution in [3.05, 3.63) is 10.2 Å². The summed E-state index contributed by atoms with van der Waals surface area (Å²) in [6.07, 6.45) is 5.21. The molecule has 2 fully saturated rings. The van der Waals surface area contributed by atoms with Crippen LogP contribution in [0.4, 0.5) is 0 Å². The standard InChI is InChI=1S/C10H14IN3OS/c11-9-12-7-14(13-9)8-1-3-15-10(5-8)2-4-16-6-10/h7-8H,1-6H2. The molecule has 2 saturated heterocycles. The first-order valence-electron chi connectivity index (χ1n) is 5.56. The fourth-order valence-corrected chi connectivity index (χ4v) is 4.27. The van der Waals surface area contributed by atoms with E-state index in [1.807, 2.05) is 22.8 Å². The molecule has 1 aromatic rings. The highest BCUT2D eigenvalue weighted by Crippen LogP contribution is 2.41. The first-order valence-corrected chi connectivity index (χ1v) is 7.79. The number of thioether (sulfide) groups is 1. The number of halogens is 1. The summed E-state index contributed by atoms with van der Waals surface area (Å²) in [5.41, 5.74) is 0.130. The fourth-order valence-electron chi connectivity index (χ4n) is 2.52. The van der Waals surface area contributed by atoms with Gasteiger partial charge in [-0.25, -0.2) is 9.67 Å². The third-order valence-corrected chi connectivity index (χ3v) is 5.11. The molecule has 88 valence electrons. The molecule has 3 rings (SSSR count). The van der Waals surface area contributed by atoms with E-state index in [1.165, 1.54) is 12.2 Å². The van der Waals surface area contributed by atoms with E-state index in [9.17, 15) is 0 Å². The summed E-state index contributed by atoms with van der Waals surface area (Å²) in [5.74, 6) is 2.39. The Morgan fingerprint density at radius 3 is 3.25 bits per heavy atom. The molecule has 0 bridgehead atoms. The van der Waals surface area contributed by atoms with Gasteiger partial charge in [0.25, 0.3) is 0 Å². The molecule has 0 amide bonds. The molecule has 16 heavy (non-hydrogen) atoms. The first kappa shape index (κ1) is 11.3. The molecule has 6 heteroatoms. The number of aromatic nitrogens is 3. The molecule has 3 heterocycles. The van der Waals surface area contributed by atoms with Gasteiger partial charge in [-0.05, 0) is 25.0 Å². The highest BCUT2D eigenvalue weighted by atomic mass is 127. The zero-order valence-electron chi connectivity index (χ0n) is 8.93. The molecule has 2 atom stereocenters. The van der Waals surface area contributed by atoms with Gasteiger partial charge < -0.3 is 4.74 Å². The van der Waals surface area contributed by atoms with Crippen molar-refractivity contribution in [2.75, 3.05) is 18.1 Å². The first-order chi connectivity index (χ1) is 7.77. The lowest BCUT2D eigenvalue weighted by Crippen LogP contribution is -2.40. The van der Waals surface area contributed by atoms with Crippen molar-refractivity contribution < 1.29 is 4.74 Å². The van der Waals surface area contributed by atoms with Gasteiger partial charge in [0.1, 0.15) is 6.33 Å². The summed E-state index contributed by atoms with van der Waals surface area (Å²) in [4.78, 5) is 4.20. The fraction of sp³-hybridized carbons (Fsp3) is 0.800. The number of ether oxygens (including phenoxy) is 1. The molecule has 2 aliphatic rings. The van der Waals surface area contributed by atoms with Gasteiger partial charge in [0.2, 0.25) is 3.83 Å². The van der Waals surface area contributed by atoms with E-state index in [1.54, 1.807) is 0 Å². The zero-order valence-corrected chi connectivity index (χ0v) is 11.9. The average Bonchev–Trinajstić information content (AvgIpc) is 2.89. The highest BCUT2D eigenvalue weighted by Gasteiger charge is 2.41. The summed E-state index contributed by atoms with van der Waals surface area (Å²) >= 11 is 4.17. The van der Waals surface area contributed by atoms with E-state index < -0.39 is 0 Å². The Morgan fingerprint density at radius 1 is 1.62 bits per heavy atom. The maximum Gasteiger partial charge on any atom is 0.211 e. The molecule has 2 unspecified atom stereocenters. The number of hydrogen-bond acceptors (Lipinski definition) is 4. The smallest absolute Gasteiger partial charge is 0.211 e. The highest BCUT2D eigenvalue weighted by molar-refractivity contribution is 14.1. The van der Waals surface area contributed by atoms with Crippen LogP contribution < -0.4 is 0 Å². The summed E-state index contributed by atoms with van der Waals surface area (Å²) < 4.78 is 8.86. The lowest BCUT2D eigenvalue weighted by atomic mass is 9.90. The largest absolute Gasteiger partial charge is 0.374 e. The molecular formula is C10H14IN3OS. The quantitative estimate of drug-likeness (QED) is 0.727. The Kier molecular flexibility index (Phi) is 3.14. The van der Waals surface area contributed by atoms with E-state index in [-0.39, 0.29) is 5.60 Å². The van der Waals surface area contributed by atoms with E-state index >= 15 is 0 Å². The molecule has 1 aromatic heterocycles.